The Bertz CT molecular complexity index is 497. The molecule has 6 nitrogen and oxygen atoms in total. The smallest absolute Gasteiger partial charge is 0.251 e. The van der Waals surface area contributed by atoms with Crippen molar-refractivity contribution in [3.63, 3.8) is 0 Å². The fourth-order valence-corrected chi connectivity index (χ4v) is 2.49. The Labute approximate surface area is 105 Å². The zero-order chi connectivity index (χ0) is 13.1. The molecule has 1 amide bonds. The van der Waals surface area contributed by atoms with Crippen LogP contribution in [0.15, 0.2) is 10.9 Å². The number of piperidine rings is 1. The van der Waals surface area contributed by atoms with E-state index in [4.69, 9.17) is 5.73 Å². The molecule has 1 unspecified atom stereocenters. The lowest BCUT2D eigenvalue weighted by Crippen LogP contribution is -2.40. The lowest BCUT2D eigenvalue weighted by atomic mass is 9.99. The molecule has 1 aliphatic rings. The Balaban J connectivity index is 2.27. The summed E-state index contributed by atoms with van der Waals surface area (Å²) in [7, 11) is 0. The number of primary amides is 1. The third-order valence-corrected chi connectivity index (χ3v) is 3.19. The number of aryl methyl sites for hydroxylation is 1. The number of H-pyrrole nitrogens is 1. The van der Waals surface area contributed by atoms with Crippen LogP contribution in [0.2, 0.25) is 0 Å². The summed E-state index contributed by atoms with van der Waals surface area (Å²) in [6.07, 6.45) is 3.03. The Morgan fingerprint density at radius 2 is 2.39 bits per heavy atom. The molecular formula is C12H18N4O2. The van der Waals surface area contributed by atoms with E-state index in [0.717, 1.165) is 31.5 Å². The molecule has 1 aromatic rings. The number of nitrogens with one attached hydrogen (secondary N) is 1. The number of hydrogen-bond acceptors (Lipinski definition) is 4. The highest BCUT2D eigenvalue weighted by molar-refractivity contribution is 5.76. The first-order valence-corrected chi connectivity index (χ1v) is 6.16. The van der Waals surface area contributed by atoms with Crippen LogP contribution < -0.4 is 11.3 Å². The van der Waals surface area contributed by atoms with Crippen LogP contribution >= 0.6 is 0 Å². The number of carbonyl (C=O) groups excluding carboxylic acids is 1. The quantitative estimate of drug-likeness (QED) is 0.795. The second-order valence-electron chi connectivity index (χ2n) is 4.70. The van der Waals surface area contributed by atoms with Crippen molar-refractivity contribution in [2.75, 3.05) is 13.1 Å². The van der Waals surface area contributed by atoms with Gasteiger partial charge in [0.1, 0.15) is 5.82 Å². The third kappa shape index (κ3) is 2.95. The molecule has 1 fully saturated rings. The second kappa shape index (κ2) is 5.30. The first-order chi connectivity index (χ1) is 8.56. The summed E-state index contributed by atoms with van der Waals surface area (Å²) in [5.41, 5.74) is 5.84. The summed E-state index contributed by atoms with van der Waals surface area (Å²) >= 11 is 0. The molecule has 18 heavy (non-hydrogen) atoms. The van der Waals surface area contributed by atoms with Gasteiger partial charge in [0, 0.05) is 6.07 Å². The third-order valence-electron chi connectivity index (χ3n) is 3.19. The molecule has 1 aromatic heterocycles. The van der Waals surface area contributed by atoms with E-state index in [1.165, 1.54) is 6.07 Å². The zero-order valence-electron chi connectivity index (χ0n) is 10.5. The molecule has 2 heterocycles. The Morgan fingerprint density at radius 3 is 3.06 bits per heavy atom. The van der Waals surface area contributed by atoms with Crippen LogP contribution in [-0.4, -0.2) is 33.9 Å². The van der Waals surface area contributed by atoms with Gasteiger partial charge in [-0.15, -0.1) is 0 Å². The summed E-state index contributed by atoms with van der Waals surface area (Å²) in [4.78, 5) is 31.5. The average Bonchev–Trinajstić information content (AvgIpc) is 2.27. The maximum Gasteiger partial charge on any atom is 0.251 e. The van der Waals surface area contributed by atoms with Gasteiger partial charge in [0.05, 0.1) is 18.3 Å². The minimum Gasteiger partial charge on any atom is -0.369 e. The molecule has 1 atom stereocenters. The number of rotatable bonds is 3. The van der Waals surface area contributed by atoms with Gasteiger partial charge in [0.25, 0.3) is 5.56 Å². The van der Waals surface area contributed by atoms with Crippen LogP contribution in [0, 0.1) is 6.92 Å². The van der Waals surface area contributed by atoms with Crippen LogP contribution in [0.5, 0.6) is 0 Å². The summed E-state index contributed by atoms with van der Waals surface area (Å²) in [5.74, 6) is 0.255. The molecular weight excluding hydrogens is 232 g/mol. The minimum atomic E-state index is -0.344. The van der Waals surface area contributed by atoms with Crippen LogP contribution in [0.25, 0.3) is 0 Å². The van der Waals surface area contributed by atoms with Crippen molar-refractivity contribution in [1.29, 1.82) is 0 Å². The Morgan fingerprint density at radius 1 is 1.61 bits per heavy atom. The number of nitrogens with two attached hydrogens (primary N) is 1. The number of amides is 1. The van der Waals surface area contributed by atoms with Gasteiger partial charge >= 0.3 is 0 Å². The normalized spacial score (nSPS) is 20.8. The molecule has 0 bridgehead atoms. The largest absolute Gasteiger partial charge is 0.369 e. The molecule has 0 spiro atoms. The van der Waals surface area contributed by atoms with E-state index in [0.29, 0.717) is 5.82 Å². The van der Waals surface area contributed by atoms with Crippen LogP contribution in [0.1, 0.15) is 36.8 Å². The molecule has 0 saturated carbocycles. The minimum absolute atomic E-state index is 0.0206. The van der Waals surface area contributed by atoms with Crippen molar-refractivity contribution in [2.45, 2.75) is 32.2 Å². The van der Waals surface area contributed by atoms with Crippen molar-refractivity contribution in [2.24, 2.45) is 5.73 Å². The summed E-state index contributed by atoms with van der Waals surface area (Å²) < 4.78 is 0. The predicted molar refractivity (Wildman–Crippen MR) is 67.0 cm³/mol. The van der Waals surface area contributed by atoms with Crippen molar-refractivity contribution in [3.05, 3.63) is 27.9 Å². The van der Waals surface area contributed by atoms with E-state index >= 15 is 0 Å². The molecule has 0 radical (unpaired) electrons. The van der Waals surface area contributed by atoms with Crippen molar-refractivity contribution < 1.29 is 4.79 Å². The van der Waals surface area contributed by atoms with E-state index in [1.54, 1.807) is 6.92 Å². The summed E-state index contributed by atoms with van der Waals surface area (Å²) in [6.45, 7) is 2.80. The van der Waals surface area contributed by atoms with Crippen molar-refractivity contribution in [3.8, 4) is 0 Å². The highest BCUT2D eigenvalue weighted by Crippen LogP contribution is 2.28. The number of hydrogen-bond donors (Lipinski definition) is 2. The second-order valence-corrected chi connectivity index (χ2v) is 4.70. The molecule has 98 valence electrons. The van der Waals surface area contributed by atoms with Gasteiger partial charge in [-0.05, 0) is 26.3 Å². The average molecular weight is 250 g/mol. The van der Waals surface area contributed by atoms with Crippen LogP contribution in [-0.2, 0) is 4.79 Å². The molecule has 1 aliphatic heterocycles. The van der Waals surface area contributed by atoms with Gasteiger partial charge in [-0.25, -0.2) is 4.98 Å². The van der Waals surface area contributed by atoms with Gasteiger partial charge in [-0.2, -0.15) is 0 Å². The highest BCUT2D eigenvalue weighted by atomic mass is 16.1. The van der Waals surface area contributed by atoms with Gasteiger partial charge in [0.2, 0.25) is 5.91 Å². The molecule has 6 heteroatoms. The lowest BCUT2D eigenvalue weighted by molar-refractivity contribution is -0.120. The monoisotopic (exact) mass is 250 g/mol. The van der Waals surface area contributed by atoms with Crippen LogP contribution in [0.3, 0.4) is 0 Å². The summed E-state index contributed by atoms with van der Waals surface area (Å²) in [6, 6.07) is 1.53. The Kier molecular flexibility index (Phi) is 3.76. The van der Waals surface area contributed by atoms with Gasteiger partial charge in [-0.1, -0.05) is 6.42 Å². The topological polar surface area (TPSA) is 92.1 Å². The van der Waals surface area contributed by atoms with Crippen LogP contribution in [0.4, 0.5) is 0 Å². The number of likely N-dealkylation sites (tertiary alicyclic amines) is 1. The van der Waals surface area contributed by atoms with E-state index < -0.39 is 0 Å². The highest BCUT2D eigenvalue weighted by Gasteiger charge is 2.26. The van der Waals surface area contributed by atoms with E-state index in [2.05, 4.69) is 9.97 Å². The SMILES string of the molecule is Cc1nc(C2CCCCN2CC(N)=O)cc(=O)[nH]1. The van der Waals surface area contributed by atoms with E-state index in [9.17, 15) is 9.59 Å². The first kappa shape index (κ1) is 12.8. The maximum atomic E-state index is 11.5. The molecule has 0 aromatic carbocycles. The first-order valence-electron chi connectivity index (χ1n) is 6.16. The summed E-state index contributed by atoms with van der Waals surface area (Å²) in [5, 5.41) is 0. The lowest BCUT2D eigenvalue weighted by Gasteiger charge is -2.34. The molecule has 1 saturated heterocycles. The molecule has 3 N–H and O–H groups in total. The number of aromatic nitrogens is 2. The standard InChI is InChI=1S/C12H18N4O2/c1-8-14-9(6-12(18)15-8)10-4-2-3-5-16(10)7-11(13)17/h6,10H,2-5,7H2,1H3,(H2,13,17)(H,14,15,18). The van der Waals surface area contributed by atoms with Gasteiger partial charge in [-0.3, -0.25) is 14.5 Å². The van der Waals surface area contributed by atoms with Gasteiger partial charge < -0.3 is 10.7 Å². The molecule has 0 aliphatic carbocycles. The molecule has 2 rings (SSSR count). The van der Waals surface area contributed by atoms with Crippen molar-refractivity contribution >= 4 is 5.91 Å². The predicted octanol–water partition coefficient (Wildman–Crippen LogP) is 0.0906. The fourth-order valence-electron chi connectivity index (χ4n) is 2.49. The van der Waals surface area contributed by atoms with E-state index in [-0.39, 0.29) is 24.1 Å². The van der Waals surface area contributed by atoms with Crippen molar-refractivity contribution in [1.82, 2.24) is 14.9 Å². The zero-order valence-corrected chi connectivity index (χ0v) is 10.5. The number of carbonyl (C=O) groups is 1. The maximum absolute atomic E-state index is 11.5. The number of aromatic amines is 1. The number of nitrogens with zero attached hydrogens (tertiary/aromatic N) is 2. The Hall–Kier alpha value is -1.69. The fraction of sp³-hybridized carbons (Fsp3) is 0.583. The van der Waals surface area contributed by atoms with E-state index in [1.807, 2.05) is 4.90 Å². The van der Waals surface area contributed by atoms with Gasteiger partial charge in [0.15, 0.2) is 0 Å².